The molecule has 126 heavy (non-hydrogen) atoms. The highest BCUT2D eigenvalue weighted by atomic mass is 32.1. The summed E-state index contributed by atoms with van der Waals surface area (Å²) >= 11 is 3.82. The number of anilines is 9. The summed E-state index contributed by atoms with van der Waals surface area (Å²) < 4.78 is 11.9. The van der Waals surface area contributed by atoms with Gasteiger partial charge in [-0.05, 0) is 241 Å². The molecule has 0 radical (unpaired) electrons. The van der Waals surface area contributed by atoms with Crippen LogP contribution in [0.1, 0.15) is 0 Å². The Balaban J connectivity index is 0.000000103. The van der Waals surface area contributed by atoms with Crippen LogP contribution in [0, 0.1) is 0 Å². The van der Waals surface area contributed by atoms with Crippen LogP contribution in [0.4, 0.5) is 51.2 Å². The number of thiophene rings is 2. The molecule has 0 spiro atoms. The lowest BCUT2D eigenvalue weighted by molar-refractivity contribution is 0.673. The Bertz CT molecular complexity index is 8730. The topological polar surface area (TPSA) is 22.9 Å². The minimum absolute atomic E-state index is 0.925. The molecule has 0 saturated heterocycles. The Kier molecular flexibility index (Phi) is 17.3. The summed E-state index contributed by atoms with van der Waals surface area (Å²) in [5.74, 6) is 0. The van der Waals surface area contributed by atoms with Crippen molar-refractivity contribution in [3.05, 3.63) is 455 Å². The van der Waals surface area contributed by atoms with E-state index in [-0.39, 0.29) is 0 Å². The molecule has 0 saturated carbocycles. The number of hydrogen-bond acceptors (Lipinski definition) is 6. The molecular formula is C120H75N3OS2. The van der Waals surface area contributed by atoms with Crippen LogP contribution >= 0.6 is 22.7 Å². The van der Waals surface area contributed by atoms with Crippen LogP contribution in [0.3, 0.4) is 0 Å². The van der Waals surface area contributed by atoms with E-state index in [9.17, 15) is 0 Å². The molecule has 6 heteroatoms. The minimum Gasteiger partial charge on any atom is -0.455 e. The summed E-state index contributed by atoms with van der Waals surface area (Å²) in [5, 5.41) is 38.2. The van der Waals surface area contributed by atoms with Crippen LogP contribution in [0.25, 0.3) is 192 Å². The minimum atomic E-state index is 0.925. The lowest BCUT2D eigenvalue weighted by atomic mass is 9.92. The van der Waals surface area contributed by atoms with Crippen molar-refractivity contribution in [3.63, 3.8) is 0 Å². The predicted octanol–water partition coefficient (Wildman–Crippen LogP) is 35.9. The van der Waals surface area contributed by atoms with E-state index >= 15 is 0 Å². The van der Waals surface area contributed by atoms with Gasteiger partial charge in [-0.1, -0.05) is 328 Å². The van der Waals surface area contributed by atoms with Gasteiger partial charge in [-0.15, -0.1) is 22.7 Å². The maximum Gasteiger partial charge on any atom is 0.143 e. The van der Waals surface area contributed by atoms with E-state index in [1.54, 1.807) is 0 Å². The normalized spacial score (nSPS) is 11.8. The first kappa shape index (κ1) is 72.8. The number of fused-ring (bicyclic) bond motifs is 33. The Morgan fingerprint density at radius 2 is 0.421 bits per heavy atom. The highest BCUT2D eigenvalue weighted by Gasteiger charge is 2.24. The Morgan fingerprint density at radius 1 is 0.151 bits per heavy atom. The van der Waals surface area contributed by atoms with Gasteiger partial charge in [-0.25, -0.2) is 0 Å². The van der Waals surface area contributed by atoms with Gasteiger partial charge in [-0.3, -0.25) is 0 Å². The largest absolute Gasteiger partial charge is 0.455 e. The molecule has 27 aromatic rings. The summed E-state index contributed by atoms with van der Waals surface area (Å²) in [5.41, 5.74) is 12.2. The molecule has 3 aromatic heterocycles. The van der Waals surface area contributed by atoms with Crippen molar-refractivity contribution < 1.29 is 4.42 Å². The van der Waals surface area contributed by atoms with E-state index in [4.69, 9.17) is 4.42 Å². The number of hydrogen-bond donors (Lipinski definition) is 0. The highest BCUT2D eigenvalue weighted by Crippen LogP contribution is 2.52. The lowest BCUT2D eigenvalue weighted by Crippen LogP contribution is -2.09. The molecule has 0 amide bonds. The van der Waals surface area contributed by atoms with Crippen molar-refractivity contribution in [2.75, 3.05) is 14.7 Å². The lowest BCUT2D eigenvalue weighted by Gasteiger charge is -2.26. The van der Waals surface area contributed by atoms with Crippen LogP contribution < -0.4 is 14.7 Å². The Labute approximate surface area is 734 Å². The van der Waals surface area contributed by atoms with E-state index in [1.807, 2.05) is 28.7 Å². The summed E-state index contributed by atoms with van der Waals surface area (Å²) in [4.78, 5) is 7.08. The molecule has 0 aliphatic carbocycles. The second-order valence-corrected chi connectivity index (χ2v) is 34.9. The number of benzene rings is 24. The Hall–Kier alpha value is -16.0. The average Bonchev–Trinajstić information content (AvgIpc) is 1.53. The zero-order chi connectivity index (χ0) is 82.9. The van der Waals surface area contributed by atoms with Crippen LogP contribution in [0.2, 0.25) is 0 Å². The fourth-order valence-corrected chi connectivity index (χ4v) is 22.6. The fraction of sp³-hybridized carbons (Fsp3) is 0. The molecule has 0 aliphatic rings. The van der Waals surface area contributed by atoms with Crippen LogP contribution in [0.15, 0.2) is 459 Å². The molecule has 3 heterocycles. The number of para-hydroxylation sites is 4. The van der Waals surface area contributed by atoms with Crippen molar-refractivity contribution in [2.45, 2.75) is 0 Å². The molecule has 24 aromatic carbocycles. The first-order valence-corrected chi connectivity index (χ1v) is 44.7. The summed E-state index contributed by atoms with van der Waals surface area (Å²) in [6, 6.07) is 165. The number of furan rings is 1. The molecule has 0 aliphatic heterocycles. The van der Waals surface area contributed by atoms with Gasteiger partial charge >= 0.3 is 0 Å². The van der Waals surface area contributed by atoms with E-state index in [2.05, 4.69) is 464 Å². The molecule has 588 valence electrons. The second-order valence-electron chi connectivity index (χ2n) is 32.8. The van der Waals surface area contributed by atoms with Gasteiger partial charge in [0, 0.05) is 118 Å². The third-order valence-electron chi connectivity index (χ3n) is 25.7. The fourth-order valence-electron chi connectivity index (χ4n) is 20.1. The molecule has 0 unspecified atom stereocenters. The molecule has 0 fully saturated rings. The monoisotopic (exact) mass is 1640 g/mol. The Morgan fingerprint density at radius 3 is 0.857 bits per heavy atom. The van der Waals surface area contributed by atoms with Gasteiger partial charge in [0.15, 0.2) is 0 Å². The molecule has 0 atom stereocenters. The van der Waals surface area contributed by atoms with Gasteiger partial charge in [0.05, 0.1) is 0 Å². The van der Waals surface area contributed by atoms with Crippen LogP contribution in [0.5, 0.6) is 0 Å². The summed E-state index contributed by atoms with van der Waals surface area (Å²) in [7, 11) is 0. The van der Waals surface area contributed by atoms with Crippen molar-refractivity contribution in [1.82, 2.24) is 0 Å². The zero-order valence-electron chi connectivity index (χ0n) is 68.4. The summed E-state index contributed by atoms with van der Waals surface area (Å²) in [6.45, 7) is 0. The molecule has 0 bridgehead atoms. The van der Waals surface area contributed by atoms with E-state index in [0.717, 1.165) is 73.1 Å². The van der Waals surface area contributed by atoms with Crippen LogP contribution in [-0.2, 0) is 0 Å². The zero-order valence-corrected chi connectivity index (χ0v) is 70.0. The van der Waals surface area contributed by atoms with Gasteiger partial charge in [0.2, 0.25) is 0 Å². The molecule has 27 rings (SSSR count). The quantitative estimate of drug-likeness (QED) is 0.134. The maximum absolute atomic E-state index is 6.46. The van der Waals surface area contributed by atoms with Crippen molar-refractivity contribution in [2.24, 2.45) is 0 Å². The van der Waals surface area contributed by atoms with Gasteiger partial charge in [-0.2, -0.15) is 0 Å². The number of nitrogens with zero attached hydrogens (tertiary/aromatic N) is 3. The first-order chi connectivity index (χ1) is 62.5. The summed E-state index contributed by atoms with van der Waals surface area (Å²) in [6.07, 6.45) is 0. The van der Waals surface area contributed by atoms with E-state index in [1.165, 1.54) is 170 Å². The third kappa shape index (κ3) is 12.1. The average molecular weight is 1640 g/mol. The van der Waals surface area contributed by atoms with E-state index in [0.29, 0.717) is 0 Å². The standard InChI is InChI=1S/C40H25NO.2C40H25NS/c2*1-2-12-29(13-3-1)41(30-20-18-26-10-4-5-11-27(26)24-30)31-21-23-32-28(25-31)19-22-36-38(32)33-14-6-7-15-34(33)40-39(36)35-16-8-9-17-37(35)42-40;1-2-12-29(13-3-1)41(30-20-18-26-10-4-5-11-27(26)24-30)31-21-23-32-28(25-31)19-22-36-38(32)33-14-6-7-15-34(33)39-35-16-8-9-17-37(35)42-40(36)39/h3*1-25H. The smallest absolute Gasteiger partial charge is 0.143 e. The van der Waals surface area contributed by atoms with Gasteiger partial charge in [0.1, 0.15) is 11.2 Å². The first-order valence-electron chi connectivity index (χ1n) is 43.1. The maximum atomic E-state index is 6.46. The van der Waals surface area contributed by atoms with Crippen LogP contribution in [-0.4, -0.2) is 0 Å². The highest BCUT2D eigenvalue weighted by molar-refractivity contribution is 7.27. The van der Waals surface area contributed by atoms with Gasteiger partial charge in [0.25, 0.3) is 0 Å². The predicted molar refractivity (Wildman–Crippen MR) is 547 cm³/mol. The molecule has 4 nitrogen and oxygen atoms in total. The SMILES string of the molecule is c1ccc(N(c2ccc3ccccc3c2)c2ccc3c(ccc4c3c3ccccc3c3oc5ccccc5c43)c2)cc1.c1ccc(N(c2ccc3ccccc3c2)c2ccc3c(ccc4c3c3ccccc3c3sc5ccccc5c43)c2)cc1.c1ccc(N(c2ccc3ccccc3c2)c2ccc3c(ccc4c5sc6ccccc6c5c5ccccc5c34)c2)cc1. The third-order valence-corrected chi connectivity index (χ3v) is 28.1. The van der Waals surface area contributed by atoms with Crippen molar-refractivity contribution in [1.29, 1.82) is 0 Å². The molecule has 0 N–H and O–H groups in total. The number of rotatable bonds is 9. The van der Waals surface area contributed by atoms with Gasteiger partial charge < -0.3 is 19.1 Å². The second kappa shape index (κ2) is 30.0. The molecular weight excluding hydrogens is 1560 g/mol. The van der Waals surface area contributed by atoms with E-state index < -0.39 is 0 Å². The van der Waals surface area contributed by atoms with Crippen molar-refractivity contribution >= 4 is 265 Å². The van der Waals surface area contributed by atoms with Crippen molar-refractivity contribution in [3.8, 4) is 0 Å².